The first-order valence-corrected chi connectivity index (χ1v) is 10.5. The fourth-order valence-corrected chi connectivity index (χ4v) is 4.91. The lowest BCUT2D eigenvalue weighted by molar-refractivity contribution is -0.558. The molecule has 0 spiro atoms. The molecule has 1 aromatic carbocycles. The number of anilines is 1. The minimum Gasteiger partial charge on any atom is -0.469 e. The van der Waals surface area contributed by atoms with Crippen LogP contribution < -0.4 is 5.32 Å². The first-order chi connectivity index (χ1) is 13.8. The van der Waals surface area contributed by atoms with Gasteiger partial charge in [0.1, 0.15) is 5.76 Å². The number of aliphatic hydroxyl groups excluding tert-OH is 1. The van der Waals surface area contributed by atoms with Gasteiger partial charge >= 0.3 is 0 Å². The summed E-state index contributed by atoms with van der Waals surface area (Å²) in [7, 11) is 0. The highest BCUT2D eigenvalue weighted by molar-refractivity contribution is 8.03. The maximum Gasteiger partial charge on any atom is 0.260 e. The van der Waals surface area contributed by atoms with Gasteiger partial charge in [-0.1, -0.05) is 18.5 Å². The molecule has 0 saturated heterocycles. The number of thioether (sulfide) groups is 1. The van der Waals surface area contributed by atoms with Crippen LogP contribution in [0.3, 0.4) is 0 Å². The largest absolute Gasteiger partial charge is 0.469 e. The summed E-state index contributed by atoms with van der Waals surface area (Å²) in [6.45, 7) is 3.33. The number of furan rings is 1. The molecular formula is C20H21ClN2O5S. The minimum atomic E-state index is -1.61. The van der Waals surface area contributed by atoms with Gasteiger partial charge in [-0.2, -0.15) is 0 Å². The normalized spacial score (nSPS) is 24.4. The average molecular weight is 437 g/mol. The van der Waals surface area contributed by atoms with Crippen molar-refractivity contribution in [1.82, 2.24) is 0 Å². The van der Waals surface area contributed by atoms with E-state index in [0.717, 1.165) is 0 Å². The lowest BCUT2D eigenvalue weighted by atomic mass is 9.73. The van der Waals surface area contributed by atoms with E-state index in [1.807, 2.05) is 6.92 Å². The number of carbonyl (C=O) groups excluding carboxylic acids is 1. The quantitative estimate of drug-likeness (QED) is 0.511. The standard InChI is InChI=1S/C20H21ClN2O5S/c1-3-29-18-17(19(25)22-13-8-6-12(21)7-9-13)15(24)11-14(16-5-4-10-28-16)20(18,2)23(26)27/h4-10,14-15,24H,3,11H2,1-2H3,(H,22,25). The van der Waals surface area contributed by atoms with E-state index in [1.54, 1.807) is 36.4 Å². The number of hydrogen-bond acceptors (Lipinski definition) is 6. The summed E-state index contributed by atoms with van der Waals surface area (Å²) in [5.74, 6) is -0.353. The monoisotopic (exact) mass is 436 g/mol. The number of amides is 1. The van der Waals surface area contributed by atoms with E-state index < -0.39 is 23.5 Å². The lowest BCUT2D eigenvalue weighted by Gasteiger charge is -2.38. The van der Waals surface area contributed by atoms with Crippen LogP contribution in [0.5, 0.6) is 0 Å². The van der Waals surface area contributed by atoms with E-state index in [0.29, 0.717) is 22.2 Å². The van der Waals surface area contributed by atoms with Crippen molar-refractivity contribution in [3.05, 3.63) is 74.0 Å². The summed E-state index contributed by atoms with van der Waals surface area (Å²) in [6.07, 6.45) is 0.281. The zero-order valence-corrected chi connectivity index (χ0v) is 17.5. The van der Waals surface area contributed by atoms with Gasteiger partial charge in [0.15, 0.2) is 0 Å². The van der Waals surface area contributed by atoms with Crippen LogP contribution in [-0.2, 0) is 4.79 Å². The first-order valence-electron chi connectivity index (χ1n) is 9.09. The number of nitrogens with one attached hydrogen (secondary N) is 1. The highest BCUT2D eigenvalue weighted by Gasteiger charge is 2.57. The Morgan fingerprint density at radius 1 is 1.41 bits per heavy atom. The van der Waals surface area contributed by atoms with Crippen LogP contribution in [0.4, 0.5) is 5.69 Å². The summed E-state index contributed by atoms with van der Waals surface area (Å²) >= 11 is 7.07. The second-order valence-corrected chi connectivity index (χ2v) is 8.57. The van der Waals surface area contributed by atoms with Crippen LogP contribution >= 0.6 is 23.4 Å². The number of benzene rings is 1. The Morgan fingerprint density at radius 3 is 2.66 bits per heavy atom. The van der Waals surface area contributed by atoms with Crippen molar-refractivity contribution in [2.75, 3.05) is 11.1 Å². The van der Waals surface area contributed by atoms with Crippen molar-refractivity contribution in [2.45, 2.75) is 37.8 Å². The van der Waals surface area contributed by atoms with Crippen LogP contribution in [0.2, 0.25) is 5.02 Å². The zero-order chi connectivity index (χ0) is 21.2. The minimum absolute atomic E-state index is 0.00212. The van der Waals surface area contributed by atoms with Gasteiger partial charge in [-0.05, 0) is 48.6 Å². The van der Waals surface area contributed by atoms with Gasteiger partial charge in [-0.25, -0.2) is 0 Å². The second kappa shape index (κ2) is 8.61. The SMILES string of the molecule is CCSC1=C(C(=O)Nc2ccc(Cl)cc2)C(O)CC(c2ccco2)C1(C)[N+](=O)[O-]. The Bertz CT molecular complexity index is 929. The predicted octanol–water partition coefficient (Wildman–Crippen LogP) is 4.46. The van der Waals surface area contributed by atoms with Crippen LogP contribution in [0, 0.1) is 10.1 Å². The number of halogens is 1. The molecule has 2 aromatic rings. The van der Waals surface area contributed by atoms with Crippen molar-refractivity contribution >= 4 is 35.0 Å². The van der Waals surface area contributed by atoms with Gasteiger partial charge in [0.2, 0.25) is 0 Å². The van der Waals surface area contributed by atoms with E-state index in [1.165, 1.54) is 24.9 Å². The molecule has 29 heavy (non-hydrogen) atoms. The molecule has 1 amide bonds. The summed E-state index contributed by atoms with van der Waals surface area (Å²) in [6, 6.07) is 9.81. The molecule has 0 fully saturated rings. The lowest BCUT2D eigenvalue weighted by Crippen LogP contribution is -2.49. The van der Waals surface area contributed by atoms with Crippen LogP contribution in [0.25, 0.3) is 0 Å². The van der Waals surface area contributed by atoms with Crippen molar-refractivity contribution in [1.29, 1.82) is 0 Å². The van der Waals surface area contributed by atoms with Crippen molar-refractivity contribution in [2.24, 2.45) is 0 Å². The summed E-state index contributed by atoms with van der Waals surface area (Å²) in [5, 5.41) is 26.3. The third kappa shape index (κ3) is 4.05. The molecule has 0 bridgehead atoms. The molecule has 0 radical (unpaired) electrons. The van der Waals surface area contributed by atoms with Crippen LogP contribution in [0.15, 0.2) is 57.6 Å². The van der Waals surface area contributed by atoms with E-state index in [4.69, 9.17) is 16.0 Å². The Hall–Kier alpha value is -2.29. The first kappa shape index (κ1) is 21.4. The number of hydrogen-bond donors (Lipinski definition) is 2. The third-order valence-corrected chi connectivity index (χ3v) is 6.54. The molecule has 1 aliphatic rings. The molecular weight excluding hydrogens is 416 g/mol. The summed E-state index contributed by atoms with van der Waals surface area (Å²) in [4.78, 5) is 25.1. The van der Waals surface area contributed by atoms with E-state index in [-0.39, 0.29) is 21.8 Å². The molecule has 0 aliphatic heterocycles. The topological polar surface area (TPSA) is 106 Å². The van der Waals surface area contributed by atoms with Gasteiger partial charge in [-0.15, -0.1) is 11.8 Å². The molecule has 9 heteroatoms. The molecule has 0 saturated carbocycles. The van der Waals surface area contributed by atoms with E-state index in [2.05, 4.69) is 5.32 Å². The smallest absolute Gasteiger partial charge is 0.260 e. The maximum atomic E-state index is 13.0. The van der Waals surface area contributed by atoms with Gasteiger partial charge in [-0.3, -0.25) is 14.9 Å². The number of aliphatic hydroxyl groups is 1. The van der Waals surface area contributed by atoms with Gasteiger partial charge < -0.3 is 14.8 Å². The van der Waals surface area contributed by atoms with E-state index >= 15 is 0 Å². The molecule has 7 nitrogen and oxygen atoms in total. The molecule has 1 aromatic heterocycles. The average Bonchev–Trinajstić information content (AvgIpc) is 3.20. The predicted molar refractivity (Wildman–Crippen MR) is 113 cm³/mol. The molecule has 1 heterocycles. The van der Waals surface area contributed by atoms with Crippen LogP contribution in [0.1, 0.15) is 31.9 Å². The molecule has 3 unspecified atom stereocenters. The molecule has 3 rings (SSSR count). The maximum absolute atomic E-state index is 13.0. The molecule has 1 aliphatic carbocycles. The van der Waals surface area contributed by atoms with Gasteiger partial charge in [0, 0.05) is 22.6 Å². The number of nitrogens with zero attached hydrogens (tertiary/aromatic N) is 1. The highest BCUT2D eigenvalue weighted by atomic mass is 35.5. The fraction of sp³-hybridized carbons (Fsp3) is 0.350. The molecule has 3 atom stereocenters. The number of nitro groups is 1. The van der Waals surface area contributed by atoms with Crippen molar-refractivity contribution in [3.63, 3.8) is 0 Å². The Morgan fingerprint density at radius 2 is 2.10 bits per heavy atom. The van der Waals surface area contributed by atoms with Gasteiger partial charge in [0.05, 0.1) is 28.8 Å². The Balaban J connectivity index is 2.08. The molecule has 2 N–H and O–H groups in total. The fourth-order valence-electron chi connectivity index (χ4n) is 3.60. The van der Waals surface area contributed by atoms with E-state index in [9.17, 15) is 20.0 Å². The van der Waals surface area contributed by atoms with Crippen molar-refractivity contribution < 1.29 is 19.2 Å². The third-order valence-electron chi connectivity index (χ3n) is 5.08. The Kier molecular flexibility index (Phi) is 6.36. The van der Waals surface area contributed by atoms with Crippen molar-refractivity contribution in [3.8, 4) is 0 Å². The Labute approximate surface area is 177 Å². The zero-order valence-electron chi connectivity index (χ0n) is 15.9. The highest BCUT2D eigenvalue weighted by Crippen LogP contribution is 2.50. The molecule has 154 valence electrons. The number of carbonyl (C=O) groups is 1. The summed E-state index contributed by atoms with van der Waals surface area (Å²) < 4.78 is 5.44. The number of rotatable bonds is 6. The van der Waals surface area contributed by atoms with Crippen LogP contribution in [-0.4, -0.2) is 33.3 Å². The second-order valence-electron chi connectivity index (χ2n) is 6.86. The van der Waals surface area contributed by atoms with Gasteiger partial charge in [0.25, 0.3) is 11.4 Å². The summed E-state index contributed by atoms with van der Waals surface area (Å²) in [5.41, 5.74) is -1.10.